The van der Waals surface area contributed by atoms with Crippen molar-refractivity contribution in [1.29, 1.82) is 0 Å². The van der Waals surface area contributed by atoms with Crippen LogP contribution in [-0.2, 0) is 11.8 Å². The van der Waals surface area contributed by atoms with Crippen molar-refractivity contribution in [1.82, 2.24) is 14.5 Å². The Morgan fingerprint density at radius 1 is 1.13 bits per heavy atom. The largest absolute Gasteiger partial charge is 0.366 e. The van der Waals surface area contributed by atoms with Crippen LogP contribution in [0, 0.1) is 16.0 Å². The van der Waals surface area contributed by atoms with Crippen molar-refractivity contribution in [2.45, 2.75) is 25.7 Å². The number of carbonyl (C=O) groups is 2. The Labute approximate surface area is 174 Å². The molecule has 0 atom stereocenters. The highest BCUT2D eigenvalue weighted by atomic mass is 16.6. The fourth-order valence-corrected chi connectivity index (χ4v) is 4.35. The van der Waals surface area contributed by atoms with E-state index in [9.17, 15) is 19.7 Å². The molecule has 0 spiro atoms. The normalized spacial score (nSPS) is 17.4. The van der Waals surface area contributed by atoms with Crippen molar-refractivity contribution in [3.8, 4) is 0 Å². The summed E-state index contributed by atoms with van der Waals surface area (Å²) in [6, 6.07) is 4.57. The van der Waals surface area contributed by atoms with Gasteiger partial charge in [-0.3, -0.25) is 19.7 Å². The average Bonchev–Trinajstić information content (AvgIpc) is 3.44. The maximum absolute atomic E-state index is 12.7. The van der Waals surface area contributed by atoms with Gasteiger partial charge in [-0.05, 0) is 37.8 Å². The zero-order chi connectivity index (χ0) is 21.3. The van der Waals surface area contributed by atoms with E-state index in [1.54, 1.807) is 29.9 Å². The summed E-state index contributed by atoms with van der Waals surface area (Å²) >= 11 is 0. The van der Waals surface area contributed by atoms with Crippen LogP contribution in [0.4, 0.5) is 11.4 Å². The molecular weight excluding hydrogens is 386 g/mol. The lowest BCUT2D eigenvalue weighted by Gasteiger charge is -2.34. The number of rotatable bonds is 5. The number of amides is 1. The number of ketones is 1. The van der Waals surface area contributed by atoms with Crippen LogP contribution in [0.3, 0.4) is 0 Å². The van der Waals surface area contributed by atoms with Gasteiger partial charge in [-0.2, -0.15) is 0 Å². The van der Waals surface area contributed by atoms with Crippen molar-refractivity contribution < 1.29 is 14.5 Å². The van der Waals surface area contributed by atoms with Crippen LogP contribution in [0.15, 0.2) is 30.6 Å². The van der Waals surface area contributed by atoms with Gasteiger partial charge in [-0.1, -0.05) is 0 Å². The zero-order valence-electron chi connectivity index (χ0n) is 17.0. The molecule has 9 nitrogen and oxygen atoms in total. The first-order valence-electron chi connectivity index (χ1n) is 10.3. The molecule has 2 aliphatic heterocycles. The van der Waals surface area contributed by atoms with Crippen LogP contribution in [0.1, 0.15) is 41.9 Å². The highest BCUT2D eigenvalue weighted by molar-refractivity contribution is 6.07. The molecule has 9 heteroatoms. The third kappa shape index (κ3) is 3.79. The van der Waals surface area contributed by atoms with E-state index in [1.807, 2.05) is 9.80 Å². The number of anilines is 1. The highest BCUT2D eigenvalue weighted by Crippen LogP contribution is 2.33. The van der Waals surface area contributed by atoms with Crippen molar-refractivity contribution >= 4 is 23.1 Å². The molecule has 1 amide bonds. The van der Waals surface area contributed by atoms with E-state index in [0.717, 1.165) is 25.9 Å². The van der Waals surface area contributed by atoms with Crippen LogP contribution >= 0.6 is 0 Å². The number of hydrogen-bond acceptors (Lipinski definition) is 6. The van der Waals surface area contributed by atoms with Gasteiger partial charge >= 0.3 is 0 Å². The van der Waals surface area contributed by atoms with Crippen LogP contribution in [-0.4, -0.2) is 57.2 Å². The number of nitro groups is 1. The number of piperidine rings is 1. The maximum atomic E-state index is 12.7. The Hall–Kier alpha value is -3.23. The zero-order valence-corrected chi connectivity index (χ0v) is 17.0. The summed E-state index contributed by atoms with van der Waals surface area (Å²) in [4.78, 5) is 44.5. The Bertz CT molecular complexity index is 972. The molecule has 0 aliphatic carbocycles. The monoisotopic (exact) mass is 411 g/mol. The number of hydrogen-bond donors (Lipinski definition) is 0. The Morgan fingerprint density at radius 2 is 1.83 bits per heavy atom. The molecule has 0 bridgehead atoms. The third-order valence-corrected chi connectivity index (χ3v) is 6.06. The van der Waals surface area contributed by atoms with Crippen molar-refractivity contribution in [2.24, 2.45) is 13.0 Å². The van der Waals surface area contributed by atoms with E-state index in [-0.39, 0.29) is 34.7 Å². The van der Waals surface area contributed by atoms with Gasteiger partial charge in [0, 0.05) is 63.2 Å². The van der Waals surface area contributed by atoms with E-state index in [0.29, 0.717) is 31.6 Å². The topological polar surface area (TPSA) is 102 Å². The average molecular weight is 411 g/mol. The lowest BCUT2D eigenvalue weighted by Crippen LogP contribution is -2.41. The Balaban J connectivity index is 1.50. The van der Waals surface area contributed by atoms with Crippen LogP contribution in [0.2, 0.25) is 0 Å². The second-order valence-corrected chi connectivity index (χ2v) is 7.95. The Morgan fingerprint density at radius 3 is 2.43 bits per heavy atom. The lowest BCUT2D eigenvalue weighted by molar-refractivity contribution is -0.384. The number of aromatic nitrogens is 2. The predicted molar refractivity (Wildman–Crippen MR) is 110 cm³/mol. The number of nitrogens with zero attached hydrogens (tertiary/aromatic N) is 5. The SMILES string of the molecule is Cn1ccnc1C(=O)c1ccc(N2CCC(C(=O)N3CCCC3)CC2)c([N+](=O)[O-])c1. The summed E-state index contributed by atoms with van der Waals surface area (Å²) in [5.74, 6) is 0.0886. The number of likely N-dealkylation sites (tertiary alicyclic amines) is 1. The molecular formula is C21H25N5O4. The molecule has 0 unspecified atom stereocenters. The predicted octanol–water partition coefficient (Wildman–Crippen LogP) is 2.40. The van der Waals surface area contributed by atoms with Crippen LogP contribution in [0.25, 0.3) is 0 Å². The Kier molecular flexibility index (Phi) is 5.52. The number of carbonyl (C=O) groups excluding carboxylic acids is 2. The van der Waals surface area contributed by atoms with Gasteiger partial charge in [-0.15, -0.1) is 0 Å². The van der Waals surface area contributed by atoms with E-state index in [4.69, 9.17) is 0 Å². The summed E-state index contributed by atoms with van der Waals surface area (Å²) < 4.78 is 1.59. The van der Waals surface area contributed by atoms with Gasteiger partial charge in [0.2, 0.25) is 11.7 Å². The number of aryl methyl sites for hydroxylation is 1. The van der Waals surface area contributed by atoms with Crippen molar-refractivity contribution in [3.63, 3.8) is 0 Å². The first-order chi connectivity index (χ1) is 14.5. The molecule has 30 heavy (non-hydrogen) atoms. The second kappa shape index (κ2) is 8.25. The van der Waals surface area contributed by atoms with Gasteiger partial charge in [-0.25, -0.2) is 4.98 Å². The molecule has 4 rings (SSSR count). The molecule has 158 valence electrons. The van der Waals surface area contributed by atoms with E-state index in [2.05, 4.69) is 4.98 Å². The van der Waals surface area contributed by atoms with E-state index in [1.165, 1.54) is 12.3 Å². The summed E-state index contributed by atoms with van der Waals surface area (Å²) in [5, 5.41) is 11.7. The summed E-state index contributed by atoms with van der Waals surface area (Å²) in [6.07, 6.45) is 6.67. The minimum atomic E-state index is -0.452. The molecule has 0 N–H and O–H groups in total. The standard InChI is InChI=1S/C21H25N5O4/c1-23-13-8-22-20(23)19(27)16-4-5-17(18(14-16)26(29)30)24-11-6-15(7-12-24)21(28)25-9-2-3-10-25/h4-5,8,13-15H,2-3,6-7,9-12H2,1H3. The summed E-state index contributed by atoms with van der Waals surface area (Å²) in [6.45, 7) is 2.85. The quantitative estimate of drug-likeness (QED) is 0.425. The van der Waals surface area contributed by atoms with Gasteiger partial charge in [0.05, 0.1) is 4.92 Å². The molecule has 1 aromatic carbocycles. The van der Waals surface area contributed by atoms with Crippen LogP contribution < -0.4 is 4.90 Å². The van der Waals surface area contributed by atoms with Crippen LogP contribution in [0.5, 0.6) is 0 Å². The third-order valence-electron chi connectivity index (χ3n) is 6.06. The molecule has 2 aromatic rings. The molecule has 3 heterocycles. The van der Waals surface area contributed by atoms with Gasteiger partial charge in [0.25, 0.3) is 5.69 Å². The van der Waals surface area contributed by atoms with Crippen molar-refractivity contribution in [3.05, 3.63) is 52.1 Å². The number of nitro benzene ring substituents is 1. The summed E-state index contributed by atoms with van der Waals surface area (Å²) in [5.41, 5.74) is 0.627. The van der Waals surface area contributed by atoms with E-state index < -0.39 is 4.92 Å². The summed E-state index contributed by atoms with van der Waals surface area (Å²) in [7, 11) is 1.70. The molecule has 0 saturated carbocycles. The molecule has 0 radical (unpaired) electrons. The smallest absolute Gasteiger partial charge is 0.293 e. The molecule has 2 saturated heterocycles. The molecule has 1 aromatic heterocycles. The fraction of sp³-hybridized carbons (Fsp3) is 0.476. The number of imidazole rings is 1. The molecule has 2 fully saturated rings. The first-order valence-corrected chi connectivity index (χ1v) is 10.3. The van der Waals surface area contributed by atoms with E-state index >= 15 is 0 Å². The fourth-order valence-electron chi connectivity index (χ4n) is 4.35. The lowest BCUT2D eigenvalue weighted by atomic mass is 9.94. The second-order valence-electron chi connectivity index (χ2n) is 7.95. The molecule has 2 aliphatic rings. The number of benzene rings is 1. The van der Waals surface area contributed by atoms with Gasteiger partial charge < -0.3 is 14.4 Å². The highest BCUT2D eigenvalue weighted by Gasteiger charge is 2.32. The maximum Gasteiger partial charge on any atom is 0.293 e. The minimum absolute atomic E-state index is 0.0114. The van der Waals surface area contributed by atoms with Gasteiger partial charge in [0.15, 0.2) is 5.82 Å². The first kappa shape index (κ1) is 20.1. The van der Waals surface area contributed by atoms with Gasteiger partial charge in [0.1, 0.15) is 5.69 Å². The van der Waals surface area contributed by atoms with Crippen molar-refractivity contribution in [2.75, 3.05) is 31.1 Å². The minimum Gasteiger partial charge on any atom is -0.366 e.